The molecule has 2 fully saturated rings. The van der Waals surface area contributed by atoms with Gasteiger partial charge in [0.25, 0.3) is 0 Å². The van der Waals surface area contributed by atoms with Gasteiger partial charge in [-0.2, -0.15) is 0 Å². The predicted octanol–water partition coefficient (Wildman–Crippen LogP) is 2.49. The molecule has 2 N–H and O–H groups in total. The number of carbonyl (C=O) groups excluding carboxylic acids is 1. The van der Waals surface area contributed by atoms with Gasteiger partial charge >= 0.3 is 12.0 Å². The molecule has 2 aliphatic rings. The zero-order chi connectivity index (χ0) is 18.7. The summed E-state index contributed by atoms with van der Waals surface area (Å²) in [6, 6.07) is 5.32. The van der Waals surface area contributed by atoms with E-state index in [4.69, 9.17) is 9.47 Å². The lowest BCUT2D eigenvalue weighted by Gasteiger charge is -2.23. The molecule has 1 heterocycles. The maximum absolute atomic E-state index is 12.5. The van der Waals surface area contributed by atoms with Crippen LogP contribution >= 0.6 is 0 Å². The minimum absolute atomic E-state index is 0.0660. The third-order valence-electron chi connectivity index (χ3n) is 5.56. The van der Waals surface area contributed by atoms with Crippen LogP contribution < -0.4 is 14.8 Å². The number of benzene rings is 1. The van der Waals surface area contributed by atoms with Gasteiger partial charge in [0.05, 0.1) is 19.1 Å². The van der Waals surface area contributed by atoms with E-state index in [0.717, 1.165) is 18.4 Å². The quantitative estimate of drug-likeness (QED) is 0.812. The normalized spacial score (nSPS) is 24.2. The number of methoxy groups -OCH3 is 1. The van der Waals surface area contributed by atoms with Crippen molar-refractivity contribution in [1.82, 2.24) is 10.2 Å². The van der Waals surface area contributed by atoms with Gasteiger partial charge in [-0.1, -0.05) is 12.5 Å². The molecule has 142 valence electrons. The molecule has 26 heavy (non-hydrogen) atoms. The first-order valence-corrected chi connectivity index (χ1v) is 9.06. The van der Waals surface area contributed by atoms with Crippen LogP contribution in [0.3, 0.4) is 0 Å². The number of nitrogens with one attached hydrogen (secondary N) is 1. The Balaban J connectivity index is 1.61. The van der Waals surface area contributed by atoms with E-state index in [1.807, 2.05) is 25.1 Å². The SMILES string of the molecule is CCOc1cc(CNC(=O)N2C[C@@H]3CCC[C@@]3(C(=O)O)C2)ccc1OC. The van der Waals surface area contributed by atoms with E-state index in [0.29, 0.717) is 44.2 Å². The molecule has 0 bridgehead atoms. The van der Waals surface area contributed by atoms with Gasteiger partial charge in [0.2, 0.25) is 0 Å². The summed E-state index contributed by atoms with van der Waals surface area (Å²) in [5, 5.41) is 12.5. The monoisotopic (exact) mass is 362 g/mol. The third kappa shape index (κ3) is 3.30. The van der Waals surface area contributed by atoms with Crippen LogP contribution in [0.1, 0.15) is 31.7 Å². The van der Waals surface area contributed by atoms with Crippen LogP contribution in [0, 0.1) is 11.3 Å². The van der Waals surface area contributed by atoms with E-state index in [-0.39, 0.29) is 11.9 Å². The highest BCUT2D eigenvalue weighted by atomic mass is 16.5. The minimum Gasteiger partial charge on any atom is -0.493 e. The average molecular weight is 362 g/mol. The number of ether oxygens (including phenoxy) is 2. The molecule has 1 aliphatic heterocycles. The number of carboxylic acid groups (broad SMARTS) is 1. The Hall–Kier alpha value is -2.44. The molecule has 7 heteroatoms. The smallest absolute Gasteiger partial charge is 0.317 e. The molecular weight excluding hydrogens is 336 g/mol. The van der Waals surface area contributed by atoms with Gasteiger partial charge in [-0.05, 0) is 43.4 Å². The maximum Gasteiger partial charge on any atom is 0.317 e. The number of hydrogen-bond donors (Lipinski definition) is 2. The van der Waals surface area contributed by atoms with E-state index in [2.05, 4.69) is 5.32 Å². The molecule has 0 aromatic heterocycles. The number of amides is 2. The zero-order valence-corrected chi connectivity index (χ0v) is 15.3. The number of fused-ring (bicyclic) bond motifs is 1. The van der Waals surface area contributed by atoms with Crippen LogP contribution in [0.2, 0.25) is 0 Å². The molecule has 1 aliphatic carbocycles. The highest BCUT2D eigenvalue weighted by Crippen LogP contribution is 2.48. The number of nitrogens with zero attached hydrogens (tertiary/aromatic N) is 1. The average Bonchev–Trinajstić information content (AvgIpc) is 3.18. The molecule has 0 radical (unpaired) electrons. The summed E-state index contributed by atoms with van der Waals surface area (Å²) in [5.74, 6) is 0.586. The second-order valence-corrected chi connectivity index (χ2v) is 7.01. The van der Waals surface area contributed by atoms with Crippen molar-refractivity contribution in [3.05, 3.63) is 23.8 Å². The van der Waals surface area contributed by atoms with E-state index < -0.39 is 11.4 Å². The van der Waals surface area contributed by atoms with Crippen molar-refractivity contribution in [3.63, 3.8) is 0 Å². The molecule has 7 nitrogen and oxygen atoms in total. The van der Waals surface area contributed by atoms with Gasteiger partial charge in [-0.3, -0.25) is 4.79 Å². The zero-order valence-electron chi connectivity index (χ0n) is 15.3. The lowest BCUT2D eigenvalue weighted by molar-refractivity contribution is -0.149. The van der Waals surface area contributed by atoms with Crippen molar-refractivity contribution in [2.24, 2.45) is 11.3 Å². The first kappa shape index (κ1) is 18.4. The predicted molar refractivity (Wildman–Crippen MR) is 95.4 cm³/mol. The summed E-state index contributed by atoms with van der Waals surface area (Å²) in [7, 11) is 1.59. The Kier molecular flexibility index (Phi) is 5.25. The van der Waals surface area contributed by atoms with E-state index in [1.54, 1.807) is 12.0 Å². The molecule has 1 aromatic rings. The van der Waals surface area contributed by atoms with Crippen molar-refractivity contribution in [1.29, 1.82) is 0 Å². The van der Waals surface area contributed by atoms with Gasteiger partial charge < -0.3 is 24.8 Å². The number of likely N-dealkylation sites (tertiary alicyclic amines) is 1. The van der Waals surface area contributed by atoms with Crippen molar-refractivity contribution in [2.75, 3.05) is 26.8 Å². The van der Waals surface area contributed by atoms with Crippen molar-refractivity contribution >= 4 is 12.0 Å². The van der Waals surface area contributed by atoms with Gasteiger partial charge in [0.1, 0.15) is 0 Å². The van der Waals surface area contributed by atoms with Crippen molar-refractivity contribution < 1.29 is 24.2 Å². The molecule has 2 atom stereocenters. The molecule has 0 spiro atoms. The minimum atomic E-state index is -0.771. The van der Waals surface area contributed by atoms with Gasteiger partial charge in [-0.25, -0.2) is 4.79 Å². The van der Waals surface area contributed by atoms with Crippen LogP contribution in [-0.4, -0.2) is 48.8 Å². The summed E-state index contributed by atoms with van der Waals surface area (Å²) in [6.45, 7) is 3.59. The number of rotatable bonds is 6. The van der Waals surface area contributed by atoms with Crippen LogP contribution in [0.15, 0.2) is 18.2 Å². The largest absolute Gasteiger partial charge is 0.493 e. The molecule has 0 unspecified atom stereocenters. The standard InChI is InChI=1S/C19H26N2O5/c1-3-26-16-9-13(6-7-15(16)25-2)10-20-18(24)21-11-14-5-4-8-19(14,12-21)17(22)23/h6-7,9,14H,3-5,8,10-12H2,1-2H3,(H,20,24)(H,22,23)/t14-,19+/m0/s1. The number of hydrogen-bond acceptors (Lipinski definition) is 4. The Morgan fingerprint density at radius 3 is 2.85 bits per heavy atom. The summed E-state index contributed by atoms with van der Waals surface area (Å²) in [6.07, 6.45) is 2.47. The maximum atomic E-state index is 12.5. The molecule has 1 saturated carbocycles. The Bertz CT molecular complexity index is 693. The fourth-order valence-electron chi connectivity index (χ4n) is 4.18. The Labute approximate surface area is 153 Å². The first-order valence-electron chi connectivity index (χ1n) is 9.06. The fraction of sp³-hybridized carbons (Fsp3) is 0.579. The second-order valence-electron chi connectivity index (χ2n) is 7.01. The van der Waals surface area contributed by atoms with E-state index in [1.165, 1.54) is 0 Å². The first-order chi connectivity index (χ1) is 12.5. The lowest BCUT2D eigenvalue weighted by Crippen LogP contribution is -2.41. The second kappa shape index (κ2) is 7.43. The summed E-state index contributed by atoms with van der Waals surface area (Å²) in [5.41, 5.74) is 0.148. The van der Waals surface area contributed by atoms with Gasteiger partial charge in [0.15, 0.2) is 11.5 Å². The summed E-state index contributed by atoms with van der Waals surface area (Å²) >= 11 is 0. The number of carboxylic acids is 1. The molecule has 1 aromatic carbocycles. The summed E-state index contributed by atoms with van der Waals surface area (Å²) in [4.78, 5) is 25.9. The van der Waals surface area contributed by atoms with E-state index >= 15 is 0 Å². The number of aliphatic carboxylic acids is 1. The molecular formula is C19H26N2O5. The van der Waals surface area contributed by atoms with Crippen LogP contribution in [0.4, 0.5) is 4.79 Å². The van der Waals surface area contributed by atoms with Crippen molar-refractivity contribution in [2.45, 2.75) is 32.7 Å². The van der Waals surface area contributed by atoms with Gasteiger partial charge in [0, 0.05) is 19.6 Å². The third-order valence-corrected chi connectivity index (χ3v) is 5.56. The van der Waals surface area contributed by atoms with Crippen LogP contribution in [0.5, 0.6) is 11.5 Å². The topological polar surface area (TPSA) is 88.1 Å². The van der Waals surface area contributed by atoms with Crippen LogP contribution in [0.25, 0.3) is 0 Å². The van der Waals surface area contributed by atoms with Crippen molar-refractivity contribution in [3.8, 4) is 11.5 Å². The van der Waals surface area contributed by atoms with Crippen LogP contribution in [-0.2, 0) is 11.3 Å². The highest BCUT2D eigenvalue weighted by molar-refractivity contribution is 5.80. The lowest BCUT2D eigenvalue weighted by atomic mass is 9.81. The molecule has 2 amide bonds. The Morgan fingerprint density at radius 1 is 1.38 bits per heavy atom. The summed E-state index contributed by atoms with van der Waals surface area (Å²) < 4.78 is 10.8. The van der Waals surface area contributed by atoms with Gasteiger partial charge in [-0.15, -0.1) is 0 Å². The highest BCUT2D eigenvalue weighted by Gasteiger charge is 2.55. The molecule has 1 saturated heterocycles. The number of carbonyl (C=O) groups is 2. The van der Waals surface area contributed by atoms with E-state index in [9.17, 15) is 14.7 Å². The molecule has 3 rings (SSSR count). The Morgan fingerprint density at radius 2 is 2.19 bits per heavy atom. The number of urea groups is 1. The fourth-order valence-corrected chi connectivity index (χ4v) is 4.18.